The molecule has 1 aliphatic carbocycles. The van der Waals surface area contributed by atoms with Crippen molar-refractivity contribution in [1.82, 2.24) is 20.0 Å². The van der Waals surface area contributed by atoms with Gasteiger partial charge in [-0.15, -0.1) is 0 Å². The molecule has 1 fully saturated rings. The number of aromatic nitrogens is 2. The van der Waals surface area contributed by atoms with E-state index in [4.69, 9.17) is 5.11 Å². The van der Waals surface area contributed by atoms with Crippen LogP contribution in [0.4, 0.5) is 0 Å². The molecule has 1 amide bonds. The van der Waals surface area contributed by atoms with Crippen LogP contribution >= 0.6 is 0 Å². The van der Waals surface area contributed by atoms with E-state index in [0.29, 0.717) is 18.3 Å². The summed E-state index contributed by atoms with van der Waals surface area (Å²) in [5, 5.41) is 15.9. The van der Waals surface area contributed by atoms with Crippen LogP contribution in [0, 0.1) is 0 Å². The fourth-order valence-electron chi connectivity index (χ4n) is 1.89. The van der Waals surface area contributed by atoms with E-state index in [9.17, 15) is 9.59 Å². The molecule has 7 nitrogen and oxygen atoms in total. The van der Waals surface area contributed by atoms with E-state index < -0.39 is 5.97 Å². The van der Waals surface area contributed by atoms with Crippen LogP contribution in [0.2, 0.25) is 0 Å². The van der Waals surface area contributed by atoms with Crippen molar-refractivity contribution in [2.75, 3.05) is 13.6 Å². The van der Waals surface area contributed by atoms with Gasteiger partial charge in [-0.05, 0) is 19.9 Å². The van der Waals surface area contributed by atoms with Gasteiger partial charge >= 0.3 is 5.97 Å². The highest BCUT2D eigenvalue weighted by Gasteiger charge is 2.24. The third-order valence-electron chi connectivity index (χ3n) is 3.07. The lowest BCUT2D eigenvalue weighted by Gasteiger charge is -2.16. The molecule has 0 bridgehead atoms. The number of nitrogens with zero attached hydrogens (tertiary/aromatic N) is 3. The third kappa shape index (κ3) is 3.54. The van der Waals surface area contributed by atoms with Crippen LogP contribution in [0.3, 0.4) is 0 Å². The normalized spacial score (nSPS) is 14.7. The molecule has 0 spiro atoms. The largest absolute Gasteiger partial charge is 0.478 e. The molecule has 2 N–H and O–H groups in total. The van der Waals surface area contributed by atoms with Gasteiger partial charge in [0.15, 0.2) is 0 Å². The zero-order valence-corrected chi connectivity index (χ0v) is 11.1. The number of hydrogen-bond acceptors (Lipinski definition) is 4. The van der Waals surface area contributed by atoms with Crippen molar-refractivity contribution in [3.05, 3.63) is 17.5 Å². The molecule has 0 unspecified atom stereocenters. The quantitative estimate of drug-likeness (QED) is 0.746. The summed E-state index contributed by atoms with van der Waals surface area (Å²) in [6, 6.07) is 0.340. The maximum absolute atomic E-state index is 11.6. The third-order valence-corrected chi connectivity index (χ3v) is 3.07. The Balaban J connectivity index is 1.93. The van der Waals surface area contributed by atoms with Crippen LogP contribution < -0.4 is 5.32 Å². The predicted molar refractivity (Wildman–Crippen MR) is 67.7 cm³/mol. The van der Waals surface area contributed by atoms with Crippen molar-refractivity contribution in [2.24, 2.45) is 7.05 Å². The number of nitrogens with one attached hydrogen (secondary N) is 1. The Bertz CT molecular complexity index is 493. The summed E-state index contributed by atoms with van der Waals surface area (Å²) in [6.45, 7) is 0.622. The Kier molecular flexibility index (Phi) is 3.84. The number of carbonyl (C=O) groups excluding carboxylic acids is 1. The van der Waals surface area contributed by atoms with E-state index in [-0.39, 0.29) is 18.0 Å². The molecule has 2 rings (SSSR count). The molecule has 104 valence electrons. The SMILES string of the molecule is CN(CC(=O)NC1CC1)Cc1c(C(=O)O)cnn1C. The van der Waals surface area contributed by atoms with E-state index >= 15 is 0 Å². The zero-order chi connectivity index (χ0) is 14.0. The standard InChI is InChI=1S/C12H18N4O3/c1-15(7-11(17)14-8-3-4-8)6-10-9(12(18)19)5-13-16(10)2/h5,8H,3-4,6-7H2,1-2H3,(H,14,17)(H,18,19). The number of amides is 1. The first-order valence-corrected chi connectivity index (χ1v) is 6.19. The van der Waals surface area contributed by atoms with E-state index in [1.54, 1.807) is 19.0 Å². The Labute approximate surface area is 111 Å². The first kappa shape index (κ1) is 13.5. The molecule has 1 aromatic rings. The number of aromatic carboxylic acids is 1. The molecule has 19 heavy (non-hydrogen) atoms. The van der Waals surface area contributed by atoms with E-state index in [1.807, 2.05) is 0 Å². The maximum Gasteiger partial charge on any atom is 0.339 e. The Morgan fingerprint density at radius 2 is 2.26 bits per heavy atom. The van der Waals surface area contributed by atoms with Gasteiger partial charge in [0, 0.05) is 19.6 Å². The van der Waals surface area contributed by atoms with E-state index in [1.165, 1.54) is 10.9 Å². The first-order chi connectivity index (χ1) is 8.97. The number of aryl methyl sites for hydroxylation is 1. The number of hydrogen-bond donors (Lipinski definition) is 2. The van der Waals surface area contributed by atoms with Crippen LogP contribution in [0.25, 0.3) is 0 Å². The van der Waals surface area contributed by atoms with Crippen LogP contribution in [-0.4, -0.2) is 51.3 Å². The van der Waals surface area contributed by atoms with Gasteiger partial charge in [-0.3, -0.25) is 14.4 Å². The summed E-state index contributed by atoms with van der Waals surface area (Å²) in [6.07, 6.45) is 3.44. The summed E-state index contributed by atoms with van der Waals surface area (Å²) >= 11 is 0. The second-order valence-electron chi connectivity index (χ2n) is 4.95. The van der Waals surface area contributed by atoms with Crippen molar-refractivity contribution in [3.8, 4) is 0 Å². The maximum atomic E-state index is 11.6. The number of carboxylic acids is 1. The highest BCUT2D eigenvalue weighted by Crippen LogP contribution is 2.18. The summed E-state index contributed by atoms with van der Waals surface area (Å²) < 4.78 is 1.53. The number of carbonyl (C=O) groups is 2. The Morgan fingerprint density at radius 1 is 1.58 bits per heavy atom. The minimum atomic E-state index is -1.00. The monoisotopic (exact) mass is 266 g/mol. The van der Waals surface area contributed by atoms with Gasteiger partial charge in [0.1, 0.15) is 5.56 Å². The van der Waals surface area contributed by atoms with Crippen molar-refractivity contribution in [3.63, 3.8) is 0 Å². The topological polar surface area (TPSA) is 87.5 Å². The molecule has 0 atom stereocenters. The van der Waals surface area contributed by atoms with Crippen molar-refractivity contribution >= 4 is 11.9 Å². The average molecular weight is 266 g/mol. The lowest BCUT2D eigenvalue weighted by atomic mass is 10.2. The minimum absolute atomic E-state index is 0.0240. The minimum Gasteiger partial charge on any atom is -0.478 e. The summed E-state index contributed by atoms with van der Waals surface area (Å²) in [5.74, 6) is -1.03. The van der Waals surface area contributed by atoms with Gasteiger partial charge in [-0.1, -0.05) is 0 Å². The van der Waals surface area contributed by atoms with Crippen molar-refractivity contribution < 1.29 is 14.7 Å². The van der Waals surface area contributed by atoms with E-state index in [2.05, 4.69) is 10.4 Å². The fraction of sp³-hybridized carbons (Fsp3) is 0.583. The molecule has 0 aromatic carbocycles. The zero-order valence-electron chi connectivity index (χ0n) is 11.1. The van der Waals surface area contributed by atoms with Gasteiger partial charge in [0.2, 0.25) is 5.91 Å². The lowest BCUT2D eigenvalue weighted by molar-refractivity contribution is -0.122. The second kappa shape index (κ2) is 5.40. The van der Waals surface area contributed by atoms with Gasteiger partial charge in [-0.2, -0.15) is 5.10 Å². The van der Waals surface area contributed by atoms with Gasteiger partial charge in [0.05, 0.1) is 18.4 Å². The highest BCUT2D eigenvalue weighted by atomic mass is 16.4. The number of carboxylic acid groups (broad SMARTS) is 1. The van der Waals surface area contributed by atoms with Gasteiger partial charge < -0.3 is 10.4 Å². The summed E-state index contributed by atoms with van der Waals surface area (Å²) in [5.41, 5.74) is 0.770. The predicted octanol–water partition coefficient (Wildman–Crippen LogP) is -0.171. The summed E-state index contributed by atoms with van der Waals surface area (Å²) in [7, 11) is 3.48. The van der Waals surface area contributed by atoms with Crippen LogP contribution in [0.5, 0.6) is 0 Å². The average Bonchev–Trinajstić information content (AvgIpc) is 3.03. The lowest BCUT2D eigenvalue weighted by Crippen LogP contribution is -2.36. The first-order valence-electron chi connectivity index (χ1n) is 6.19. The van der Waals surface area contributed by atoms with Crippen molar-refractivity contribution in [2.45, 2.75) is 25.4 Å². The molecule has 0 radical (unpaired) electrons. The van der Waals surface area contributed by atoms with Crippen LogP contribution in [0.1, 0.15) is 28.9 Å². The molecular weight excluding hydrogens is 248 g/mol. The van der Waals surface area contributed by atoms with Crippen molar-refractivity contribution in [1.29, 1.82) is 0 Å². The Morgan fingerprint density at radius 3 is 2.84 bits per heavy atom. The van der Waals surface area contributed by atoms with Gasteiger partial charge in [-0.25, -0.2) is 4.79 Å². The second-order valence-corrected chi connectivity index (χ2v) is 4.95. The molecule has 1 aromatic heterocycles. The molecular formula is C12H18N4O3. The smallest absolute Gasteiger partial charge is 0.339 e. The number of likely N-dealkylation sites (N-methyl/N-ethyl adjacent to an activating group) is 1. The number of rotatable bonds is 6. The molecule has 1 saturated carbocycles. The van der Waals surface area contributed by atoms with E-state index in [0.717, 1.165) is 12.8 Å². The molecule has 1 aliphatic rings. The van der Waals surface area contributed by atoms with Crippen LogP contribution in [-0.2, 0) is 18.4 Å². The molecule has 1 heterocycles. The molecule has 0 aliphatic heterocycles. The fourth-order valence-corrected chi connectivity index (χ4v) is 1.89. The van der Waals surface area contributed by atoms with Gasteiger partial charge in [0.25, 0.3) is 0 Å². The Hall–Kier alpha value is -1.89. The summed E-state index contributed by atoms with van der Waals surface area (Å²) in [4.78, 5) is 24.5. The molecule has 7 heteroatoms. The molecule has 0 saturated heterocycles. The highest BCUT2D eigenvalue weighted by molar-refractivity contribution is 5.88. The van der Waals surface area contributed by atoms with Crippen LogP contribution in [0.15, 0.2) is 6.20 Å².